The third-order valence-electron chi connectivity index (χ3n) is 9.36. The predicted molar refractivity (Wildman–Crippen MR) is 164 cm³/mol. The molecule has 0 radical (unpaired) electrons. The summed E-state index contributed by atoms with van der Waals surface area (Å²) in [6.07, 6.45) is 4.19. The van der Waals surface area contributed by atoms with Crippen LogP contribution in [-0.2, 0) is 16.6 Å². The maximum Gasteiger partial charge on any atom is 0.164 e. The highest BCUT2D eigenvalue weighted by Crippen LogP contribution is 2.39. The van der Waals surface area contributed by atoms with Gasteiger partial charge in [0.1, 0.15) is 41.9 Å². The molecular weight excluding hydrogens is 530 g/mol. The highest BCUT2D eigenvalue weighted by molar-refractivity contribution is 5.89. The van der Waals surface area contributed by atoms with E-state index in [0.717, 1.165) is 53.5 Å². The Morgan fingerprint density at radius 3 is 2.64 bits per heavy atom. The molecule has 2 aliphatic rings. The van der Waals surface area contributed by atoms with E-state index in [0.29, 0.717) is 30.0 Å². The zero-order valence-corrected chi connectivity index (χ0v) is 25.6. The molecule has 3 aromatic heterocycles. The number of nitrogens with one attached hydrogen (secondary N) is 1. The largest absolute Gasteiger partial charge is 0.387 e. The third kappa shape index (κ3) is 5.30. The third-order valence-corrected chi connectivity index (χ3v) is 9.36. The number of nitrogens with zero attached hydrogens (tertiary/aromatic N) is 5. The minimum Gasteiger partial charge on any atom is -0.387 e. The van der Waals surface area contributed by atoms with Gasteiger partial charge in [-0.3, -0.25) is 4.90 Å². The lowest BCUT2D eigenvalue weighted by molar-refractivity contribution is -0.0619. The summed E-state index contributed by atoms with van der Waals surface area (Å²) < 4.78 is 8.11. The number of hydrogen-bond donors (Lipinski definition) is 4. The van der Waals surface area contributed by atoms with Gasteiger partial charge in [0.15, 0.2) is 6.23 Å². The van der Waals surface area contributed by atoms with Gasteiger partial charge in [0, 0.05) is 31.2 Å². The van der Waals surface area contributed by atoms with Gasteiger partial charge >= 0.3 is 0 Å². The van der Waals surface area contributed by atoms with Crippen LogP contribution < -0.4 is 5.73 Å². The van der Waals surface area contributed by atoms with Crippen LogP contribution in [0.5, 0.6) is 0 Å². The van der Waals surface area contributed by atoms with E-state index in [-0.39, 0.29) is 11.5 Å². The molecule has 226 valence electrons. The van der Waals surface area contributed by atoms with Gasteiger partial charge in [0.25, 0.3) is 0 Å². The summed E-state index contributed by atoms with van der Waals surface area (Å²) in [5.74, 6) is 2.09. The molecular formula is C32H45N7O3. The Hall–Kier alpha value is -3.05. The molecule has 10 heteroatoms. The van der Waals surface area contributed by atoms with Gasteiger partial charge < -0.3 is 30.2 Å². The maximum atomic E-state index is 11.0. The first-order valence-electron chi connectivity index (χ1n) is 15.2. The van der Waals surface area contributed by atoms with Gasteiger partial charge in [0.2, 0.25) is 0 Å². The highest BCUT2D eigenvalue weighted by atomic mass is 16.6. The van der Waals surface area contributed by atoms with Crippen molar-refractivity contribution in [1.29, 1.82) is 0 Å². The maximum absolute atomic E-state index is 11.0. The van der Waals surface area contributed by atoms with Crippen molar-refractivity contribution < 1.29 is 14.9 Å². The van der Waals surface area contributed by atoms with Gasteiger partial charge in [-0.1, -0.05) is 26.8 Å². The number of aliphatic hydroxyl groups excluding tert-OH is 2. The Balaban J connectivity index is 1.07. The summed E-state index contributed by atoms with van der Waals surface area (Å²) in [7, 11) is 0. The summed E-state index contributed by atoms with van der Waals surface area (Å²) >= 11 is 0. The number of benzene rings is 1. The van der Waals surface area contributed by atoms with Crippen LogP contribution in [0.25, 0.3) is 22.1 Å². The molecule has 1 saturated heterocycles. The number of imidazole rings is 1. The van der Waals surface area contributed by atoms with Crippen molar-refractivity contribution in [3.8, 4) is 0 Å². The lowest BCUT2D eigenvalue weighted by Gasteiger charge is -2.46. The lowest BCUT2D eigenvalue weighted by atomic mass is 9.76. The van der Waals surface area contributed by atoms with E-state index < -0.39 is 24.5 Å². The zero-order chi connectivity index (χ0) is 29.9. The number of H-pyrrole nitrogens is 1. The number of hydrogen-bond acceptors (Lipinski definition) is 8. The number of fused-ring (bicyclic) bond motifs is 2. The van der Waals surface area contributed by atoms with Crippen LogP contribution in [0.15, 0.2) is 30.7 Å². The second-order valence-corrected chi connectivity index (χ2v) is 13.7. The number of nitrogen functional groups attached to an aromatic ring is 1. The summed E-state index contributed by atoms with van der Waals surface area (Å²) in [5.41, 5.74) is 11.1. The Morgan fingerprint density at radius 2 is 1.93 bits per heavy atom. The number of anilines is 1. The SMILES string of the molecule is Cc1cn([C@@H]2O[C@H](CN(C(C)C)[C@H]3C[C@H](CCc4nc5cc(C(C)(C)C)ccc5[nH]4)C3)[C@@H](O)[C@H]2O)c2ncnc(N)c12. The summed E-state index contributed by atoms with van der Waals surface area (Å²) in [5, 5.41) is 22.8. The molecule has 6 rings (SSSR count). The quantitative estimate of drug-likeness (QED) is 0.245. The fourth-order valence-corrected chi connectivity index (χ4v) is 6.78. The minimum atomic E-state index is -1.08. The number of aliphatic hydroxyl groups is 2. The molecule has 42 heavy (non-hydrogen) atoms. The predicted octanol–water partition coefficient (Wildman–Crippen LogP) is 4.24. The Bertz CT molecular complexity index is 1570. The molecule has 4 heterocycles. The topological polar surface area (TPSA) is 138 Å². The van der Waals surface area contributed by atoms with Gasteiger partial charge in [-0.15, -0.1) is 0 Å². The molecule has 1 saturated carbocycles. The van der Waals surface area contributed by atoms with Crippen LogP contribution in [0.3, 0.4) is 0 Å². The molecule has 4 aromatic rings. The molecule has 0 spiro atoms. The average Bonchev–Trinajstić information content (AvgIpc) is 3.55. The number of aryl methyl sites for hydroxylation is 2. The van der Waals surface area contributed by atoms with E-state index in [2.05, 4.69) is 72.7 Å². The first-order valence-corrected chi connectivity index (χ1v) is 15.2. The number of aromatic amines is 1. The second kappa shape index (κ2) is 10.9. The van der Waals surface area contributed by atoms with Gasteiger partial charge in [-0.05, 0) is 74.6 Å². The molecule has 1 aromatic carbocycles. The van der Waals surface area contributed by atoms with Crippen LogP contribution in [0.2, 0.25) is 0 Å². The zero-order valence-electron chi connectivity index (χ0n) is 25.6. The minimum absolute atomic E-state index is 0.105. The first kappa shape index (κ1) is 29.0. The number of rotatable bonds is 8. The van der Waals surface area contributed by atoms with Crippen molar-refractivity contribution in [3.05, 3.63) is 47.7 Å². The smallest absolute Gasteiger partial charge is 0.164 e. The Morgan fingerprint density at radius 1 is 1.17 bits per heavy atom. The van der Waals surface area contributed by atoms with Gasteiger partial charge in [0.05, 0.1) is 16.4 Å². The van der Waals surface area contributed by atoms with E-state index in [1.54, 1.807) is 4.57 Å². The Kier molecular flexibility index (Phi) is 7.54. The number of aromatic nitrogens is 5. The second-order valence-electron chi connectivity index (χ2n) is 13.7. The fourth-order valence-electron chi connectivity index (χ4n) is 6.78. The molecule has 5 N–H and O–H groups in total. The van der Waals surface area contributed by atoms with E-state index in [9.17, 15) is 10.2 Å². The van der Waals surface area contributed by atoms with Crippen LogP contribution in [0.4, 0.5) is 5.82 Å². The molecule has 1 aliphatic heterocycles. The van der Waals surface area contributed by atoms with Crippen LogP contribution in [0.1, 0.15) is 77.1 Å². The summed E-state index contributed by atoms with van der Waals surface area (Å²) in [4.78, 5) is 19.3. The molecule has 1 aliphatic carbocycles. The monoisotopic (exact) mass is 575 g/mol. The number of nitrogens with two attached hydrogens (primary N) is 1. The standard InChI is InChI=1S/C32H45N7O3/c1-17(2)38(15-24-27(40)28(41)31(42-24)39-14-18(3)26-29(33)34-16-35-30(26)39)21-11-19(12-21)7-10-25-36-22-9-8-20(32(4,5)6)13-23(22)37-25/h8-9,13-14,16-17,19,21,24,27-28,31,40-41H,7,10-12,15H2,1-6H3,(H,36,37)(H2,33,34,35)/t19-,21-,24-,27-,28-,31-/m1/s1. The van der Waals surface area contributed by atoms with E-state index in [1.807, 2.05) is 13.1 Å². The molecule has 0 bridgehead atoms. The van der Waals surface area contributed by atoms with Crippen LogP contribution >= 0.6 is 0 Å². The van der Waals surface area contributed by atoms with Crippen molar-refractivity contribution in [2.24, 2.45) is 5.92 Å². The van der Waals surface area contributed by atoms with Crippen molar-refractivity contribution in [1.82, 2.24) is 29.4 Å². The van der Waals surface area contributed by atoms with Gasteiger partial charge in [-0.25, -0.2) is 15.0 Å². The highest BCUT2D eigenvalue weighted by Gasteiger charge is 2.46. The number of ether oxygens (including phenoxy) is 1. The van der Waals surface area contributed by atoms with Crippen LogP contribution in [-0.4, -0.2) is 76.6 Å². The fraction of sp³-hybridized carbons (Fsp3) is 0.594. The van der Waals surface area contributed by atoms with Gasteiger partial charge in [-0.2, -0.15) is 0 Å². The van der Waals surface area contributed by atoms with E-state index in [1.165, 1.54) is 11.9 Å². The first-order chi connectivity index (χ1) is 19.9. The summed E-state index contributed by atoms with van der Waals surface area (Å²) in [6, 6.07) is 7.27. The van der Waals surface area contributed by atoms with Crippen molar-refractivity contribution in [2.75, 3.05) is 12.3 Å². The Labute approximate surface area is 247 Å². The van der Waals surface area contributed by atoms with Crippen molar-refractivity contribution >= 4 is 27.9 Å². The summed E-state index contributed by atoms with van der Waals surface area (Å²) in [6.45, 7) is 13.5. The average molecular weight is 576 g/mol. The molecule has 0 amide bonds. The molecule has 4 atom stereocenters. The normalized spacial score (nSPS) is 26.6. The molecule has 0 unspecified atom stereocenters. The lowest BCUT2D eigenvalue weighted by Crippen LogP contribution is -2.52. The van der Waals surface area contributed by atoms with Crippen molar-refractivity contribution in [3.63, 3.8) is 0 Å². The van der Waals surface area contributed by atoms with Crippen LogP contribution in [0, 0.1) is 12.8 Å². The van der Waals surface area contributed by atoms with E-state index in [4.69, 9.17) is 15.5 Å². The molecule has 2 fully saturated rings. The molecule has 10 nitrogen and oxygen atoms in total. The van der Waals surface area contributed by atoms with Crippen molar-refractivity contribution in [2.45, 2.75) is 109 Å². The van der Waals surface area contributed by atoms with E-state index >= 15 is 0 Å².